The highest BCUT2D eigenvalue weighted by Gasteiger charge is 2.33. The maximum absolute atomic E-state index is 13.1. The predicted molar refractivity (Wildman–Crippen MR) is 134 cm³/mol. The van der Waals surface area contributed by atoms with Crippen molar-refractivity contribution in [2.24, 2.45) is 0 Å². The molecule has 7 heteroatoms. The van der Waals surface area contributed by atoms with Crippen LogP contribution in [-0.4, -0.2) is 24.3 Å². The molecule has 3 aromatic carbocycles. The SMILES string of the molecule is CN(C)c1ccc(N2C(=O)/C(=C\c3ccccc3OCc3ccc(F)cc3)SC2=S)cc1. The maximum atomic E-state index is 13.1. The molecular formula is C25H21FN2O2S2. The summed E-state index contributed by atoms with van der Waals surface area (Å²) in [7, 11) is 3.93. The monoisotopic (exact) mass is 464 g/mol. The highest BCUT2D eigenvalue weighted by atomic mass is 32.2. The van der Waals surface area contributed by atoms with Crippen LogP contribution in [-0.2, 0) is 11.4 Å². The first-order valence-corrected chi connectivity index (χ1v) is 11.2. The van der Waals surface area contributed by atoms with Gasteiger partial charge in [0.1, 0.15) is 18.2 Å². The van der Waals surface area contributed by atoms with E-state index in [-0.39, 0.29) is 11.7 Å². The largest absolute Gasteiger partial charge is 0.488 e. The Balaban J connectivity index is 1.54. The number of halogens is 1. The maximum Gasteiger partial charge on any atom is 0.270 e. The fourth-order valence-corrected chi connectivity index (χ4v) is 4.49. The van der Waals surface area contributed by atoms with Crippen molar-refractivity contribution < 1.29 is 13.9 Å². The number of para-hydroxylation sites is 1. The third-order valence-electron chi connectivity index (χ3n) is 4.93. The van der Waals surface area contributed by atoms with Gasteiger partial charge in [-0.05, 0) is 54.1 Å². The Hall–Kier alpha value is -3.16. The molecule has 0 N–H and O–H groups in total. The molecule has 1 aliphatic rings. The van der Waals surface area contributed by atoms with Gasteiger partial charge in [-0.2, -0.15) is 0 Å². The summed E-state index contributed by atoms with van der Waals surface area (Å²) in [6.45, 7) is 0.296. The van der Waals surface area contributed by atoms with E-state index >= 15 is 0 Å². The Bertz CT molecular complexity index is 1180. The van der Waals surface area contributed by atoms with Crippen LogP contribution in [0.25, 0.3) is 6.08 Å². The topological polar surface area (TPSA) is 32.8 Å². The highest BCUT2D eigenvalue weighted by Crippen LogP contribution is 2.37. The van der Waals surface area contributed by atoms with E-state index in [0.29, 0.717) is 21.6 Å². The fraction of sp³-hybridized carbons (Fsp3) is 0.120. The predicted octanol–water partition coefficient (Wildman–Crippen LogP) is 5.88. The number of ether oxygens (including phenoxy) is 1. The van der Waals surface area contributed by atoms with E-state index in [9.17, 15) is 9.18 Å². The number of thiocarbonyl (C=S) groups is 1. The van der Waals surface area contributed by atoms with Crippen LogP contribution in [0.1, 0.15) is 11.1 Å². The van der Waals surface area contributed by atoms with E-state index < -0.39 is 0 Å². The molecule has 0 aromatic heterocycles. The van der Waals surface area contributed by atoms with Crippen molar-refractivity contribution in [1.82, 2.24) is 0 Å². The van der Waals surface area contributed by atoms with Crippen LogP contribution in [0.5, 0.6) is 5.75 Å². The number of amides is 1. The van der Waals surface area contributed by atoms with Crippen LogP contribution >= 0.6 is 24.0 Å². The molecule has 0 radical (unpaired) electrons. The number of rotatable bonds is 6. The first kappa shape index (κ1) is 22.0. The summed E-state index contributed by atoms with van der Waals surface area (Å²) in [5.41, 5.74) is 3.41. The lowest BCUT2D eigenvalue weighted by Crippen LogP contribution is -2.27. The Kier molecular flexibility index (Phi) is 6.58. The summed E-state index contributed by atoms with van der Waals surface area (Å²) < 4.78 is 19.6. The quantitative estimate of drug-likeness (QED) is 0.336. The number of hydrogen-bond donors (Lipinski definition) is 0. The van der Waals surface area contributed by atoms with Gasteiger partial charge in [-0.3, -0.25) is 9.69 Å². The van der Waals surface area contributed by atoms with Crippen LogP contribution in [0.15, 0.2) is 77.7 Å². The summed E-state index contributed by atoms with van der Waals surface area (Å²) in [4.78, 5) is 17.2. The average molecular weight is 465 g/mol. The van der Waals surface area contributed by atoms with E-state index in [1.807, 2.05) is 67.5 Å². The molecule has 0 unspecified atom stereocenters. The van der Waals surface area contributed by atoms with E-state index in [1.165, 1.54) is 23.9 Å². The molecule has 1 fully saturated rings. The molecule has 162 valence electrons. The molecule has 4 nitrogen and oxygen atoms in total. The normalized spacial score (nSPS) is 14.8. The summed E-state index contributed by atoms with van der Waals surface area (Å²) in [6, 6.07) is 21.4. The van der Waals surface area contributed by atoms with Crippen molar-refractivity contribution in [1.29, 1.82) is 0 Å². The molecule has 1 aliphatic heterocycles. The van der Waals surface area contributed by atoms with Gasteiger partial charge in [0, 0.05) is 25.3 Å². The molecule has 0 saturated carbocycles. The van der Waals surface area contributed by atoms with Crippen LogP contribution in [0, 0.1) is 5.82 Å². The van der Waals surface area contributed by atoms with Crippen molar-refractivity contribution in [3.63, 3.8) is 0 Å². The molecule has 0 spiro atoms. The second-order valence-electron chi connectivity index (χ2n) is 7.38. The first-order valence-electron chi connectivity index (χ1n) is 9.94. The second-order valence-corrected chi connectivity index (χ2v) is 9.06. The lowest BCUT2D eigenvalue weighted by Gasteiger charge is -2.17. The van der Waals surface area contributed by atoms with Crippen molar-refractivity contribution in [3.8, 4) is 5.75 Å². The molecule has 0 bridgehead atoms. The van der Waals surface area contributed by atoms with E-state index in [4.69, 9.17) is 17.0 Å². The number of benzene rings is 3. The Morgan fingerprint density at radius 3 is 2.41 bits per heavy atom. The molecule has 0 atom stereocenters. The minimum Gasteiger partial charge on any atom is -0.488 e. The summed E-state index contributed by atoms with van der Waals surface area (Å²) >= 11 is 6.76. The minimum absolute atomic E-state index is 0.161. The molecule has 1 amide bonds. The van der Waals surface area contributed by atoms with Gasteiger partial charge < -0.3 is 9.64 Å². The number of hydrogen-bond acceptors (Lipinski definition) is 5. The molecule has 32 heavy (non-hydrogen) atoms. The standard InChI is InChI=1S/C25H21FN2O2S2/c1-27(2)20-11-13-21(14-12-20)28-24(29)23(32-25(28)31)15-18-5-3-4-6-22(18)30-16-17-7-9-19(26)10-8-17/h3-15H,16H2,1-2H3/b23-15+. The smallest absolute Gasteiger partial charge is 0.270 e. The Labute approximate surface area is 196 Å². The molecule has 4 rings (SSSR count). The van der Waals surface area contributed by atoms with E-state index in [0.717, 1.165) is 22.5 Å². The summed E-state index contributed by atoms with van der Waals surface area (Å²) in [5, 5.41) is 0. The van der Waals surface area contributed by atoms with Gasteiger partial charge >= 0.3 is 0 Å². The third-order valence-corrected chi connectivity index (χ3v) is 6.23. The zero-order chi connectivity index (χ0) is 22.7. The first-order chi connectivity index (χ1) is 15.4. The number of carbonyl (C=O) groups excluding carboxylic acids is 1. The zero-order valence-corrected chi connectivity index (χ0v) is 19.3. The average Bonchev–Trinajstić information content (AvgIpc) is 3.07. The molecular weight excluding hydrogens is 443 g/mol. The Morgan fingerprint density at radius 2 is 1.72 bits per heavy atom. The van der Waals surface area contributed by atoms with Crippen LogP contribution in [0.3, 0.4) is 0 Å². The van der Waals surface area contributed by atoms with Crippen molar-refractivity contribution in [3.05, 3.63) is 94.6 Å². The fourth-order valence-electron chi connectivity index (χ4n) is 3.20. The van der Waals surface area contributed by atoms with Crippen molar-refractivity contribution >= 4 is 51.7 Å². The van der Waals surface area contributed by atoms with Crippen molar-refractivity contribution in [2.45, 2.75) is 6.61 Å². The lowest BCUT2D eigenvalue weighted by atomic mass is 10.1. The van der Waals surface area contributed by atoms with Gasteiger partial charge in [0.15, 0.2) is 4.32 Å². The second kappa shape index (κ2) is 9.54. The van der Waals surface area contributed by atoms with Gasteiger partial charge in [-0.25, -0.2) is 4.39 Å². The van der Waals surface area contributed by atoms with Gasteiger partial charge in [0.2, 0.25) is 0 Å². The van der Waals surface area contributed by atoms with Crippen molar-refractivity contribution in [2.75, 3.05) is 23.9 Å². The van der Waals surface area contributed by atoms with E-state index in [2.05, 4.69) is 0 Å². The lowest BCUT2D eigenvalue weighted by molar-refractivity contribution is -0.113. The number of carbonyl (C=O) groups is 1. The molecule has 1 heterocycles. The van der Waals surface area contributed by atoms with Gasteiger partial charge in [-0.1, -0.05) is 54.3 Å². The minimum atomic E-state index is -0.285. The summed E-state index contributed by atoms with van der Waals surface area (Å²) in [5.74, 6) is 0.191. The number of nitrogens with zero attached hydrogens (tertiary/aromatic N) is 2. The van der Waals surface area contributed by atoms with Crippen LogP contribution < -0.4 is 14.5 Å². The number of anilines is 2. The zero-order valence-electron chi connectivity index (χ0n) is 17.6. The third kappa shape index (κ3) is 4.84. The van der Waals surface area contributed by atoms with E-state index in [1.54, 1.807) is 23.1 Å². The molecule has 3 aromatic rings. The number of thioether (sulfide) groups is 1. The van der Waals surface area contributed by atoms with Gasteiger partial charge in [-0.15, -0.1) is 0 Å². The van der Waals surface area contributed by atoms with Gasteiger partial charge in [0.05, 0.1) is 10.6 Å². The van der Waals surface area contributed by atoms with Crippen LogP contribution in [0.2, 0.25) is 0 Å². The molecule has 1 saturated heterocycles. The van der Waals surface area contributed by atoms with Crippen LogP contribution in [0.4, 0.5) is 15.8 Å². The van der Waals surface area contributed by atoms with Gasteiger partial charge in [0.25, 0.3) is 5.91 Å². The highest BCUT2D eigenvalue weighted by molar-refractivity contribution is 8.27. The molecule has 0 aliphatic carbocycles. The Morgan fingerprint density at radius 1 is 1.03 bits per heavy atom. The summed E-state index contributed by atoms with van der Waals surface area (Å²) in [6.07, 6.45) is 1.80.